The molecular formula is C13H9BrFIN2O2. The molecule has 2 rings (SSSR count). The zero-order valence-corrected chi connectivity index (χ0v) is 14.0. The number of nitrogens with one attached hydrogen (secondary N) is 1. The molecule has 0 spiro atoms. The van der Waals surface area contributed by atoms with Crippen LogP contribution >= 0.6 is 38.5 Å². The van der Waals surface area contributed by atoms with E-state index >= 15 is 0 Å². The molecular weight excluding hydrogens is 442 g/mol. The number of hydrogen-bond acceptors (Lipinski definition) is 3. The zero-order chi connectivity index (χ0) is 14.9. The fraction of sp³-hybridized carbons (Fsp3) is 0.0769. The van der Waals surface area contributed by atoms with Crippen molar-refractivity contribution >= 4 is 55.6 Å². The number of aryl methyl sites for hydroxylation is 1. The van der Waals surface area contributed by atoms with Crippen molar-refractivity contribution < 1.29 is 9.31 Å². The molecule has 0 aliphatic rings. The van der Waals surface area contributed by atoms with Crippen molar-refractivity contribution in [2.45, 2.75) is 6.92 Å². The number of nitrogens with zero attached hydrogens (tertiary/aromatic N) is 1. The smallest absolute Gasteiger partial charge is 0.282 e. The van der Waals surface area contributed by atoms with Crippen molar-refractivity contribution in [1.82, 2.24) is 0 Å². The van der Waals surface area contributed by atoms with E-state index < -0.39 is 4.92 Å². The molecule has 0 amide bonds. The third-order valence-corrected chi connectivity index (χ3v) is 4.16. The number of nitro benzene ring substituents is 1. The number of benzene rings is 2. The summed E-state index contributed by atoms with van der Waals surface area (Å²) in [5.74, 6) is -0.366. The van der Waals surface area contributed by atoms with Crippen molar-refractivity contribution in [2.24, 2.45) is 0 Å². The van der Waals surface area contributed by atoms with Crippen LogP contribution in [0.4, 0.5) is 21.5 Å². The van der Waals surface area contributed by atoms with Crippen LogP contribution in [-0.4, -0.2) is 4.92 Å². The molecule has 0 radical (unpaired) electrons. The van der Waals surface area contributed by atoms with Gasteiger partial charge in [-0.05, 0) is 75.3 Å². The molecule has 1 N–H and O–H groups in total. The molecule has 0 aliphatic heterocycles. The number of anilines is 2. The Morgan fingerprint density at radius 1 is 1.35 bits per heavy atom. The summed E-state index contributed by atoms with van der Waals surface area (Å²) in [6.07, 6.45) is 0. The van der Waals surface area contributed by atoms with Crippen LogP contribution in [-0.2, 0) is 0 Å². The Bertz CT molecular complexity index is 694. The maximum absolute atomic E-state index is 13.5. The Hall–Kier alpha value is -1.22. The zero-order valence-electron chi connectivity index (χ0n) is 10.3. The van der Waals surface area contributed by atoms with Gasteiger partial charge in [0.2, 0.25) is 0 Å². The quantitative estimate of drug-likeness (QED) is 0.399. The highest BCUT2D eigenvalue weighted by atomic mass is 127. The van der Waals surface area contributed by atoms with Gasteiger partial charge in [0.25, 0.3) is 5.69 Å². The van der Waals surface area contributed by atoms with E-state index in [2.05, 4.69) is 21.2 Å². The standard InChI is InChI=1S/C13H9BrFIN2O2/c1-7-4-9(14)10(15)6-12(7)17-8-2-3-13(18(19)20)11(16)5-8/h2-6,17H,1H3. The Kier molecular flexibility index (Phi) is 4.59. The highest BCUT2D eigenvalue weighted by Crippen LogP contribution is 2.29. The summed E-state index contributed by atoms with van der Waals surface area (Å²) in [6.45, 7) is 1.85. The molecule has 20 heavy (non-hydrogen) atoms. The fourth-order valence-corrected chi connectivity index (χ4v) is 2.84. The largest absolute Gasteiger partial charge is 0.355 e. The third kappa shape index (κ3) is 3.26. The van der Waals surface area contributed by atoms with Crippen LogP contribution in [0.3, 0.4) is 0 Å². The molecule has 2 aromatic rings. The lowest BCUT2D eigenvalue weighted by Gasteiger charge is -2.11. The summed E-state index contributed by atoms with van der Waals surface area (Å²) < 4.78 is 14.5. The van der Waals surface area contributed by atoms with Crippen molar-refractivity contribution in [3.05, 3.63) is 59.9 Å². The molecule has 0 atom stereocenters. The number of rotatable bonds is 3. The van der Waals surface area contributed by atoms with Crippen LogP contribution in [0.1, 0.15) is 5.56 Å². The maximum atomic E-state index is 13.5. The summed E-state index contributed by atoms with van der Waals surface area (Å²) in [5.41, 5.74) is 2.21. The Labute approximate surface area is 136 Å². The van der Waals surface area contributed by atoms with Gasteiger partial charge in [0.05, 0.1) is 13.0 Å². The lowest BCUT2D eigenvalue weighted by molar-refractivity contribution is -0.385. The van der Waals surface area contributed by atoms with Crippen LogP contribution in [0, 0.1) is 26.4 Å². The van der Waals surface area contributed by atoms with Crippen LogP contribution < -0.4 is 5.32 Å². The van der Waals surface area contributed by atoms with E-state index in [-0.39, 0.29) is 11.5 Å². The van der Waals surface area contributed by atoms with Gasteiger partial charge >= 0.3 is 0 Å². The minimum Gasteiger partial charge on any atom is -0.355 e. The average Bonchev–Trinajstić information content (AvgIpc) is 2.35. The van der Waals surface area contributed by atoms with E-state index in [9.17, 15) is 14.5 Å². The van der Waals surface area contributed by atoms with Crippen LogP contribution in [0.25, 0.3) is 0 Å². The normalized spacial score (nSPS) is 10.4. The molecule has 0 aliphatic carbocycles. The van der Waals surface area contributed by atoms with Gasteiger partial charge in [0, 0.05) is 17.4 Å². The molecule has 0 saturated heterocycles. The number of nitro groups is 1. The van der Waals surface area contributed by atoms with E-state index in [4.69, 9.17) is 0 Å². The van der Waals surface area contributed by atoms with Gasteiger partial charge in [-0.3, -0.25) is 10.1 Å². The van der Waals surface area contributed by atoms with Crippen LogP contribution in [0.5, 0.6) is 0 Å². The minimum atomic E-state index is -0.434. The second-order valence-electron chi connectivity index (χ2n) is 4.13. The van der Waals surface area contributed by atoms with Gasteiger partial charge in [-0.2, -0.15) is 0 Å². The van der Waals surface area contributed by atoms with Gasteiger partial charge in [0.15, 0.2) is 0 Å². The first-order valence-corrected chi connectivity index (χ1v) is 7.42. The molecule has 0 heterocycles. The second kappa shape index (κ2) is 6.04. The number of hydrogen-bond donors (Lipinski definition) is 1. The first-order valence-electron chi connectivity index (χ1n) is 5.55. The van der Waals surface area contributed by atoms with E-state index in [1.165, 1.54) is 12.1 Å². The third-order valence-electron chi connectivity index (χ3n) is 2.69. The van der Waals surface area contributed by atoms with Gasteiger partial charge in [-0.15, -0.1) is 0 Å². The molecule has 0 unspecified atom stereocenters. The Morgan fingerprint density at radius 3 is 2.65 bits per heavy atom. The fourth-order valence-electron chi connectivity index (χ4n) is 1.67. The molecule has 0 bridgehead atoms. The second-order valence-corrected chi connectivity index (χ2v) is 6.15. The first-order chi connectivity index (χ1) is 9.38. The highest BCUT2D eigenvalue weighted by Gasteiger charge is 2.12. The van der Waals surface area contributed by atoms with Gasteiger partial charge in [-0.1, -0.05) is 0 Å². The van der Waals surface area contributed by atoms with Crippen molar-refractivity contribution in [2.75, 3.05) is 5.32 Å². The van der Waals surface area contributed by atoms with Crippen molar-refractivity contribution in [3.8, 4) is 0 Å². The molecule has 0 fully saturated rings. The monoisotopic (exact) mass is 450 g/mol. The van der Waals surface area contributed by atoms with Crippen molar-refractivity contribution in [3.63, 3.8) is 0 Å². The predicted octanol–water partition coefficient (Wildman–Crippen LogP) is 5.15. The topological polar surface area (TPSA) is 55.2 Å². The van der Waals surface area contributed by atoms with E-state index in [0.29, 0.717) is 19.4 Å². The molecule has 2 aromatic carbocycles. The summed E-state index contributed by atoms with van der Waals surface area (Å²) in [4.78, 5) is 10.3. The molecule has 0 saturated carbocycles. The van der Waals surface area contributed by atoms with Crippen LogP contribution in [0.2, 0.25) is 0 Å². The van der Waals surface area contributed by atoms with Gasteiger partial charge < -0.3 is 5.32 Å². The predicted molar refractivity (Wildman–Crippen MR) is 87.9 cm³/mol. The molecule has 0 aromatic heterocycles. The molecule has 104 valence electrons. The van der Waals surface area contributed by atoms with E-state index in [1.807, 2.05) is 29.5 Å². The Morgan fingerprint density at radius 2 is 2.05 bits per heavy atom. The summed E-state index contributed by atoms with van der Waals surface area (Å²) in [5, 5.41) is 13.8. The highest BCUT2D eigenvalue weighted by molar-refractivity contribution is 14.1. The lowest BCUT2D eigenvalue weighted by atomic mass is 10.2. The first kappa shape index (κ1) is 15.2. The minimum absolute atomic E-state index is 0.0508. The summed E-state index contributed by atoms with van der Waals surface area (Å²) in [7, 11) is 0. The van der Waals surface area contributed by atoms with E-state index in [1.54, 1.807) is 18.2 Å². The average molecular weight is 451 g/mol. The van der Waals surface area contributed by atoms with Gasteiger partial charge in [0.1, 0.15) is 5.82 Å². The number of halogens is 3. The summed E-state index contributed by atoms with van der Waals surface area (Å²) in [6, 6.07) is 7.73. The SMILES string of the molecule is Cc1cc(Br)c(F)cc1Nc1ccc([N+](=O)[O-])c(I)c1. The Balaban J connectivity index is 2.33. The molecule has 7 heteroatoms. The van der Waals surface area contributed by atoms with E-state index in [0.717, 1.165) is 5.56 Å². The summed E-state index contributed by atoms with van der Waals surface area (Å²) >= 11 is 5.03. The van der Waals surface area contributed by atoms with Gasteiger partial charge in [-0.25, -0.2) is 4.39 Å². The van der Waals surface area contributed by atoms with Crippen molar-refractivity contribution in [1.29, 1.82) is 0 Å². The molecule has 4 nitrogen and oxygen atoms in total. The van der Waals surface area contributed by atoms with Crippen LogP contribution in [0.15, 0.2) is 34.8 Å². The lowest BCUT2D eigenvalue weighted by Crippen LogP contribution is -1.97. The maximum Gasteiger partial charge on any atom is 0.282 e.